The first kappa shape index (κ1) is 10.7. The standard InChI is InChI=1S/C10H18O3/c1-13-8-4-5-9(11)10(12)6-2-3-7-10/h12H,2-8H2,1H3. The van der Waals surface area contributed by atoms with Gasteiger partial charge in [-0.1, -0.05) is 0 Å². The Morgan fingerprint density at radius 3 is 2.62 bits per heavy atom. The fourth-order valence-electron chi connectivity index (χ4n) is 1.85. The monoisotopic (exact) mass is 186 g/mol. The lowest BCUT2D eigenvalue weighted by atomic mass is 9.93. The van der Waals surface area contributed by atoms with Gasteiger partial charge < -0.3 is 9.84 Å². The summed E-state index contributed by atoms with van der Waals surface area (Å²) in [5, 5.41) is 9.87. The first-order chi connectivity index (χ1) is 6.19. The smallest absolute Gasteiger partial charge is 0.164 e. The average molecular weight is 186 g/mol. The maximum absolute atomic E-state index is 11.5. The van der Waals surface area contributed by atoms with E-state index in [2.05, 4.69) is 0 Å². The van der Waals surface area contributed by atoms with Crippen molar-refractivity contribution in [1.29, 1.82) is 0 Å². The second-order valence-corrected chi connectivity index (χ2v) is 3.76. The Bertz CT molecular complexity index is 171. The number of carbonyl (C=O) groups is 1. The minimum absolute atomic E-state index is 0.00190. The molecule has 0 spiro atoms. The second kappa shape index (κ2) is 4.72. The Morgan fingerprint density at radius 1 is 1.46 bits per heavy atom. The van der Waals surface area contributed by atoms with Gasteiger partial charge in [-0.15, -0.1) is 0 Å². The summed E-state index contributed by atoms with van der Waals surface area (Å²) in [6, 6.07) is 0. The molecule has 0 aromatic rings. The molecule has 0 aliphatic heterocycles. The summed E-state index contributed by atoms with van der Waals surface area (Å²) in [5.74, 6) is 0.00190. The molecule has 0 atom stereocenters. The van der Waals surface area contributed by atoms with E-state index in [-0.39, 0.29) is 5.78 Å². The van der Waals surface area contributed by atoms with Crippen molar-refractivity contribution in [3.05, 3.63) is 0 Å². The molecule has 1 fully saturated rings. The van der Waals surface area contributed by atoms with E-state index in [9.17, 15) is 9.90 Å². The number of ketones is 1. The van der Waals surface area contributed by atoms with E-state index in [0.29, 0.717) is 25.9 Å². The van der Waals surface area contributed by atoms with Gasteiger partial charge in [-0.3, -0.25) is 4.79 Å². The van der Waals surface area contributed by atoms with Crippen LogP contribution >= 0.6 is 0 Å². The Labute approximate surface area is 79.1 Å². The maximum Gasteiger partial charge on any atom is 0.164 e. The van der Waals surface area contributed by atoms with Gasteiger partial charge in [0.1, 0.15) is 5.60 Å². The number of ether oxygens (including phenoxy) is 1. The van der Waals surface area contributed by atoms with Crippen molar-refractivity contribution in [3.8, 4) is 0 Å². The highest BCUT2D eigenvalue weighted by Crippen LogP contribution is 2.31. The molecule has 1 aliphatic carbocycles. The molecule has 13 heavy (non-hydrogen) atoms. The normalized spacial score (nSPS) is 20.5. The molecule has 0 aromatic carbocycles. The van der Waals surface area contributed by atoms with Crippen LogP contribution in [0.5, 0.6) is 0 Å². The zero-order valence-electron chi connectivity index (χ0n) is 8.21. The lowest BCUT2D eigenvalue weighted by molar-refractivity contribution is -0.137. The third-order valence-corrected chi connectivity index (χ3v) is 2.70. The van der Waals surface area contributed by atoms with Crippen molar-refractivity contribution in [3.63, 3.8) is 0 Å². The predicted octanol–water partition coefficient (Wildman–Crippen LogP) is 1.29. The highest BCUT2D eigenvalue weighted by atomic mass is 16.5. The summed E-state index contributed by atoms with van der Waals surface area (Å²) >= 11 is 0. The first-order valence-corrected chi connectivity index (χ1v) is 4.94. The summed E-state index contributed by atoms with van der Waals surface area (Å²) in [6.07, 6.45) is 4.43. The minimum Gasteiger partial charge on any atom is -0.385 e. The molecule has 0 bridgehead atoms. The van der Waals surface area contributed by atoms with Crippen LogP contribution in [0.25, 0.3) is 0 Å². The van der Waals surface area contributed by atoms with Gasteiger partial charge in [-0.25, -0.2) is 0 Å². The van der Waals surface area contributed by atoms with Crippen LogP contribution in [0.4, 0.5) is 0 Å². The molecule has 0 radical (unpaired) electrons. The third-order valence-electron chi connectivity index (χ3n) is 2.70. The molecule has 3 nitrogen and oxygen atoms in total. The van der Waals surface area contributed by atoms with Gasteiger partial charge in [-0.2, -0.15) is 0 Å². The fourth-order valence-corrected chi connectivity index (χ4v) is 1.85. The van der Waals surface area contributed by atoms with Crippen LogP contribution < -0.4 is 0 Å². The van der Waals surface area contributed by atoms with Gasteiger partial charge in [0.2, 0.25) is 0 Å². The lowest BCUT2D eigenvalue weighted by Gasteiger charge is -2.19. The minimum atomic E-state index is -0.992. The van der Waals surface area contributed by atoms with Crippen LogP contribution in [0.2, 0.25) is 0 Å². The largest absolute Gasteiger partial charge is 0.385 e. The van der Waals surface area contributed by atoms with E-state index in [1.165, 1.54) is 0 Å². The van der Waals surface area contributed by atoms with Crippen LogP contribution in [0.3, 0.4) is 0 Å². The van der Waals surface area contributed by atoms with E-state index in [0.717, 1.165) is 19.3 Å². The number of carbonyl (C=O) groups excluding carboxylic acids is 1. The summed E-state index contributed by atoms with van der Waals surface area (Å²) < 4.78 is 4.85. The quantitative estimate of drug-likeness (QED) is 0.658. The predicted molar refractivity (Wildman–Crippen MR) is 49.5 cm³/mol. The second-order valence-electron chi connectivity index (χ2n) is 3.76. The molecule has 0 aromatic heterocycles. The molecule has 0 amide bonds. The maximum atomic E-state index is 11.5. The Kier molecular flexibility index (Phi) is 3.88. The fraction of sp³-hybridized carbons (Fsp3) is 0.900. The van der Waals surface area contributed by atoms with Crippen LogP contribution in [0, 0.1) is 0 Å². The highest BCUT2D eigenvalue weighted by molar-refractivity contribution is 5.87. The van der Waals surface area contributed by atoms with Gasteiger partial charge in [-0.05, 0) is 32.1 Å². The van der Waals surface area contributed by atoms with Crippen molar-refractivity contribution >= 4 is 5.78 Å². The summed E-state index contributed by atoms with van der Waals surface area (Å²) in [7, 11) is 1.62. The Morgan fingerprint density at radius 2 is 2.08 bits per heavy atom. The highest BCUT2D eigenvalue weighted by Gasteiger charge is 2.37. The molecule has 3 heteroatoms. The zero-order valence-corrected chi connectivity index (χ0v) is 8.21. The zero-order chi connectivity index (χ0) is 9.73. The van der Waals surface area contributed by atoms with Crippen LogP contribution in [-0.4, -0.2) is 30.2 Å². The van der Waals surface area contributed by atoms with Gasteiger partial charge in [0.05, 0.1) is 0 Å². The van der Waals surface area contributed by atoms with Crippen LogP contribution in [0.1, 0.15) is 38.5 Å². The van der Waals surface area contributed by atoms with E-state index < -0.39 is 5.60 Å². The Balaban J connectivity index is 2.29. The Hall–Kier alpha value is -0.410. The molecule has 0 saturated heterocycles. The molecule has 1 N–H and O–H groups in total. The summed E-state index contributed by atoms with van der Waals surface area (Å²) in [5.41, 5.74) is -0.992. The van der Waals surface area contributed by atoms with Crippen molar-refractivity contribution in [2.45, 2.75) is 44.1 Å². The van der Waals surface area contributed by atoms with E-state index >= 15 is 0 Å². The number of hydrogen-bond acceptors (Lipinski definition) is 3. The molecule has 1 aliphatic rings. The topological polar surface area (TPSA) is 46.5 Å². The number of rotatable bonds is 5. The molecule has 0 heterocycles. The van der Waals surface area contributed by atoms with Crippen molar-refractivity contribution in [2.75, 3.05) is 13.7 Å². The molecule has 0 unspecified atom stereocenters. The SMILES string of the molecule is COCCCC(=O)C1(O)CCCC1. The first-order valence-electron chi connectivity index (χ1n) is 4.94. The molecule has 76 valence electrons. The van der Waals surface area contributed by atoms with Gasteiger partial charge in [0.15, 0.2) is 5.78 Å². The van der Waals surface area contributed by atoms with Crippen molar-refractivity contribution in [2.24, 2.45) is 0 Å². The van der Waals surface area contributed by atoms with Gasteiger partial charge >= 0.3 is 0 Å². The molecule has 1 rings (SSSR count). The van der Waals surface area contributed by atoms with Crippen LogP contribution in [-0.2, 0) is 9.53 Å². The van der Waals surface area contributed by atoms with Gasteiger partial charge in [0.25, 0.3) is 0 Å². The van der Waals surface area contributed by atoms with E-state index in [1.807, 2.05) is 0 Å². The van der Waals surface area contributed by atoms with Crippen molar-refractivity contribution in [1.82, 2.24) is 0 Å². The summed E-state index contributed by atoms with van der Waals surface area (Å²) in [4.78, 5) is 11.5. The number of hydrogen-bond donors (Lipinski definition) is 1. The summed E-state index contributed by atoms with van der Waals surface area (Å²) in [6.45, 7) is 0.599. The van der Waals surface area contributed by atoms with Crippen LogP contribution in [0.15, 0.2) is 0 Å². The van der Waals surface area contributed by atoms with E-state index in [1.54, 1.807) is 7.11 Å². The third kappa shape index (κ3) is 2.78. The average Bonchev–Trinajstić information content (AvgIpc) is 2.54. The molecular formula is C10H18O3. The van der Waals surface area contributed by atoms with E-state index in [4.69, 9.17) is 4.74 Å². The number of methoxy groups -OCH3 is 1. The number of Topliss-reactive ketones (excluding diaryl/α,β-unsaturated/α-hetero) is 1. The van der Waals surface area contributed by atoms with Crippen molar-refractivity contribution < 1.29 is 14.6 Å². The molecule has 1 saturated carbocycles. The number of aliphatic hydroxyl groups is 1. The van der Waals surface area contributed by atoms with Gasteiger partial charge in [0, 0.05) is 20.1 Å². The molecular weight excluding hydrogens is 168 g/mol. The lowest BCUT2D eigenvalue weighted by Crippen LogP contribution is -2.35.